The molecule has 0 saturated carbocycles. The van der Waals surface area contributed by atoms with Gasteiger partial charge in [0.15, 0.2) is 0 Å². The van der Waals surface area contributed by atoms with E-state index in [1.165, 1.54) is 16.8 Å². The van der Waals surface area contributed by atoms with Gasteiger partial charge in [0.2, 0.25) is 0 Å². The summed E-state index contributed by atoms with van der Waals surface area (Å²) in [7, 11) is 0. The first-order chi connectivity index (χ1) is 10.1. The van der Waals surface area contributed by atoms with Crippen LogP contribution in [0.4, 0.5) is 0 Å². The van der Waals surface area contributed by atoms with Crippen molar-refractivity contribution in [3.8, 4) is 0 Å². The van der Waals surface area contributed by atoms with Crippen molar-refractivity contribution in [1.29, 1.82) is 0 Å². The fourth-order valence-electron chi connectivity index (χ4n) is 2.65. The summed E-state index contributed by atoms with van der Waals surface area (Å²) >= 11 is 3.69. The normalized spacial score (nSPS) is 12.6. The first-order valence-electron chi connectivity index (χ1n) is 7.60. The van der Waals surface area contributed by atoms with Crippen LogP contribution in [-0.2, 0) is 25.8 Å². The van der Waals surface area contributed by atoms with Crippen LogP contribution in [0, 0.1) is 6.92 Å². The lowest BCUT2D eigenvalue weighted by Gasteiger charge is -2.14. The largest absolute Gasteiger partial charge is 0.327 e. The van der Waals surface area contributed by atoms with E-state index < -0.39 is 0 Å². The molecule has 2 rings (SSSR count). The minimum atomic E-state index is 0.106. The van der Waals surface area contributed by atoms with Crippen molar-refractivity contribution >= 4 is 15.9 Å². The lowest BCUT2D eigenvalue weighted by molar-refractivity contribution is 0.571. The van der Waals surface area contributed by atoms with Crippen LogP contribution in [0.2, 0.25) is 0 Å². The standard InChI is InChI=1S/C17H24BrN3/c1-4-15-17(18)16(21(5-2)20-15)11-14(19)10-13-9-7-6-8-12(13)3/h6-9,14H,4-5,10-11,19H2,1-3H3. The summed E-state index contributed by atoms with van der Waals surface area (Å²) in [6, 6.07) is 8.56. The van der Waals surface area contributed by atoms with Gasteiger partial charge in [-0.15, -0.1) is 0 Å². The average Bonchev–Trinajstić information content (AvgIpc) is 2.77. The summed E-state index contributed by atoms with van der Waals surface area (Å²) in [5.41, 5.74) is 11.4. The maximum atomic E-state index is 6.39. The summed E-state index contributed by atoms with van der Waals surface area (Å²) in [5.74, 6) is 0. The molecule has 1 heterocycles. The van der Waals surface area contributed by atoms with Gasteiger partial charge < -0.3 is 5.73 Å². The van der Waals surface area contributed by atoms with Crippen molar-refractivity contribution < 1.29 is 0 Å². The van der Waals surface area contributed by atoms with E-state index >= 15 is 0 Å². The van der Waals surface area contributed by atoms with Crippen molar-refractivity contribution in [3.05, 3.63) is 51.3 Å². The lowest BCUT2D eigenvalue weighted by Crippen LogP contribution is -2.27. The molecular weight excluding hydrogens is 326 g/mol. The highest BCUT2D eigenvalue weighted by atomic mass is 79.9. The first kappa shape index (κ1) is 16.2. The Morgan fingerprint density at radius 1 is 1.24 bits per heavy atom. The highest BCUT2D eigenvalue weighted by Gasteiger charge is 2.17. The number of halogens is 1. The average molecular weight is 350 g/mol. The molecule has 1 unspecified atom stereocenters. The molecule has 1 aromatic carbocycles. The number of aromatic nitrogens is 2. The number of hydrogen-bond donors (Lipinski definition) is 1. The maximum Gasteiger partial charge on any atom is 0.0766 e. The van der Waals surface area contributed by atoms with Gasteiger partial charge in [-0.3, -0.25) is 4.68 Å². The Morgan fingerprint density at radius 2 is 1.95 bits per heavy atom. The molecule has 4 heteroatoms. The van der Waals surface area contributed by atoms with E-state index in [1.54, 1.807) is 0 Å². The van der Waals surface area contributed by atoms with Crippen molar-refractivity contribution in [1.82, 2.24) is 9.78 Å². The second kappa shape index (κ2) is 7.23. The number of nitrogens with zero attached hydrogens (tertiary/aromatic N) is 2. The van der Waals surface area contributed by atoms with Gasteiger partial charge >= 0.3 is 0 Å². The number of nitrogens with two attached hydrogens (primary N) is 1. The second-order valence-corrected chi connectivity index (χ2v) is 6.26. The van der Waals surface area contributed by atoms with Gasteiger partial charge in [0.05, 0.1) is 15.9 Å². The molecule has 2 aromatic rings. The molecule has 1 aromatic heterocycles. The van der Waals surface area contributed by atoms with Gasteiger partial charge in [0.1, 0.15) is 0 Å². The van der Waals surface area contributed by atoms with E-state index in [9.17, 15) is 0 Å². The molecule has 114 valence electrons. The molecule has 1 atom stereocenters. The Bertz CT molecular complexity index is 604. The van der Waals surface area contributed by atoms with Crippen molar-refractivity contribution in [2.45, 2.75) is 52.6 Å². The smallest absolute Gasteiger partial charge is 0.0766 e. The lowest BCUT2D eigenvalue weighted by atomic mass is 9.99. The Labute approximate surface area is 135 Å². The summed E-state index contributed by atoms with van der Waals surface area (Å²) in [5, 5.41) is 4.64. The molecule has 0 spiro atoms. The first-order valence-corrected chi connectivity index (χ1v) is 8.40. The summed E-state index contributed by atoms with van der Waals surface area (Å²) < 4.78 is 3.20. The third-order valence-electron chi connectivity index (χ3n) is 3.89. The predicted molar refractivity (Wildman–Crippen MR) is 91.5 cm³/mol. The highest BCUT2D eigenvalue weighted by molar-refractivity contribution is 9.10. The van der Waals surface area contributed by atoms with Crippen molar-refractivity contribution in [2.24, 2.45) is 5.73 Å². The Morgan fingerprint density at radius 3 is 2.57 bits per heavy atom. The van der Waals surface area contributed by atoms with Crippen molar-refractivity contribution in [2.75, 3.05) is 0 Å². The summed E-state index contributed by atoms with van der Waals surface area (Å²) in [4.78, 5) is 0. The molecule has 0 aliphatic heterocycles. The van der Waals surface area contributed by atoms with Gasteiger partial charge in [0, 0.05) is 19.0 Å². The minimum Gasteiger partial charge on any atom is -0.327 e. The van der Waals surface area contributed by atoms with Crippen LogP contribution in [0.15, 0.2) is 28.7 Å². The van der Waals surface area contributed by atoms with E-state index in [-0.39, 0.29) is 6.04 Å². The maximum absolute atomic E-state index is 6.39. The van der Waals surface area contributed by atoms with Gasteiger partial charge in [-0.2, -0.15) is 5.10 Å². The van der Waals surface area contributed by atoms with E-state index in [0.717, 1.165) is 36.0 Å². The van der Waals surface area contributed by atoms with Crippen LogP contribution in [0.5, 0.6) is 0 Å². The zero-order chi connectivity index (χ0) is 15.4. The molecule has 2 N–H and O–H groups in total. The fourth-order valence-corrected chi connectivity index (χ4v) is 3.38. The topological polar surface area (TPSA) is 43.8 Å². The monoisotopic (exact) mass is 349 g/mol. The fraction of sp³-hybridized carbons (Fsp3) is 0.471. The summed E-state index contributed by atoms with van der Waals surface area (Å²) in [6.07, 6.45) is 2.68. The third-order valence-corrected chi connectivity index (χ3v) is 4.81. The highest BCUT2D eigenvalue weighted by Crippen LogP contribution is 2.24. The molecule has 0 aliphatic carbocycles. The van der Waals surface area contributed by atoms with Crippen LogP contribution in [0.25, 0.3) is 0 Å². The number of benzene rings is 1. The quantitative estimate of drug-likeness (QED) is 0.864. The van der Waals surface area contributed by atoms with Crippen LogP contribution in [0.1, 0.15) is 36.4 Å². The predicted octanol–water partition coefficient (Wildman–Crippen LogP) is 3.65. The van der Waals surface area contributed by atoms with E-state index in [4.69, 9.17) is 5.73 Å². The number of rotatable bonds is 6. The second-order valence-electron chi connectivity index (χ2n) is 5.47. The molecule has 0 bridgehead atoms. The Hall–Kier alpha value is -1.13. The summed E-state index contributed by atoms with van der Waals surface area (Å²) in [6.45, 7) is 7.27. The molecule has 0 aliphatic rings. The van der Waals surface area contributed by atoms with E-state index in [1.807, 2.05) is 0 Å². The molecule has 0 amide bonds. The molecule has 0 saturated heterocycles. The van der Waals surface area contributed by atoms with Crippen LogP contribution < -0.4 is 5.73 Å². The zero-order valence-corrected chi connectivity index (χ0v) is 14.7. The molecule has 3 nitrogen and oxygen atoms in total. The Balaban J connectivity index is 2.14. The van der Waals surface area contributed by atoms with Crippen LogP contribution in [0.3, 0.4) is 0 Å². The van der Waals surface area contributed by atoms with Gasteiger partial charge in [0.25, 0.3) is 0 Å². The van der Waals surface area contributed by atoms with E-state index in [0.29, 0.717) is 0 Å². The minimum absolute atomic E-state index is 0.106. The molecule has 0 fully saturated rings. The Kier molecular flexibility index (Phi) is 5.59. The zero-order valence-electron chi connectivity index (χ0n) is 13.1. The van der Waals surface area contributed by atoms with Crippen molar-refractivity contribution in [3.63, 3.8) is 0 Å². The number of hydrogen-bond acceptors (Lipinski definition) is 2. The van der Waals surface area contributed by atoms with E-state index in [2.05, 4.69) is 70.7 Å². The van der Waals surface area contributed by atoms with Gasteiger partial charge in [-0.25, -0.2) is 0 Å². The third kappa shape index (κ3) is 3.74. The SMILES string of the molecule is CCc1nn(CC)c(CC(N)Cc2ccccc2C)c1Br. The van der Waals surface area contributed by atoms with Gasteiger partial charge in [-0.05, 0) is 53.7 Å². The molecule has 21 heavy (non-hydrogen) atoms. The molecular formula is C17H24BrN3. The van der Waals surface area contributed by atoms with Crippen LogP contribution >= 0.6 is 15.9 Å². The van der Waals surface area contributed by atoms with Crippen LogP contribution in [-0.4, -0.2) is 15.8 Å². The number of aryl methyl sites for hydroxylation is 3. The molecule has 0 radical (unpaired) electrons. The van der Waals surface area contributed by atoms with Gasteiger partial charge in [-0.1, -0.05) is 31.2 Å².